The van der Waals surface area contributed by atoms with E-state index in [9.17, 15) is 8.42 Å². The molecule has 1 aromatic carbocycles. The van der Waals surface area contributed by atoms with Gasteiger partial charge in [0.1, 0.15) is 0 Å². The first-order valence-corrected chi connectivity index (χ1v) is 7.42. The van der Waals surface area contributed by atoms with Gasteiger partial charge in [0.2, 0.25) is 0 Å². The fraction of sp³-hybridized carbons (Fsp3) is 0.462. The van der Waals surface area contributed by atoms with Gasteiger partial charge in [-0.2, -0.15) is 5.26 Å². The van der Waals surface area contributed by atoms with Crippen molar-refractivity contribution in [3.05, 3.63) is 29.8 Å². The fourth-order valence-electron chi connectivity index (χ4n) is 1.81. The van der Waals surface area contributed by atoms with E-state index in [2.05, 4.69) is 6.07 Å². The summed E-state index contributed by atoms with van der Waals surface area (Å²) in [5.74, 6) is 0.395. The van der Waals surface area contributed by atoms with Crippen molar-refractivity contribution in [3.63, 3.8) is 0 Å². The van der Waals surface area contributed by atoms with Gasteiger partial charge in [0, 0.05) is 12.7 Å². The quantitative estimate of drug-likeness (QED) is 0.826. The number of hydrogen-bond donors (Lipinski definition) is 0. The van der Waals surface area contributed by atoms with Crippen LogP contribution in [-0.2, 0) is 9.84 Å². The van der Waals surface area contributed by atoms with Crippen molar-refractivity contribution in [1.29, 1.82) is 5.26 Å². The summed E-state index contributed by atoms with van der Waals surface area (Å²) in [5, 5.41) is 8.81. The molecule has 0 aromatic heterocycles. The summed E-state index contributed by atoms with van der Waals surface area (Å²) < 4.78 is 22.9. The van der Waals surface area contributed by atoms with Crippen LogP contribution < -0.4 is 0 Å². The van der Waals surface area contributed by atoms with Crippen LogP contribution in [0.5, 0.6) is 0 Å². The minimum atomic E-state index is -3.18. The van der Waals surface area contributed by atoms with Crippen LogP contribution in [0.1, 0.15) is 31.7 Å². The van der Waals surface area contributed by atoms with E-state index in [4.69, 9.17) is 5.26 Å². The lowest BCUT2D eigenvalue weighted by Crippen LogP contribution is -2.07. The normalized spacial score (nSPS) is 13.4. The van der Waals surface area contributed by atoms with Crippen LogP contribution in [0, 0.1) is 17.2 Å². The van der Waals surface area contributed by atoms with Crippen LogP contribution >= 0.6 is 0 Å². The number of nitriles is 1. The summed E-state index contributed by atoms with van der Waals surface area (Å²) in [6.45, 7) is 4.07. The highest BCUT2D eigenvalue weighted by Crippen LogP contribution is 2.28. The molecule has 4 heteroatoms. The average molecular weight is 251 g/mol. The Morgan fingerprint density at radius 1 is 1.35 bits per heavy atom. The van der Waals surface area contributed by atoms with Gasteiger partial charge >= 0.3 is 0 Å². The molecule has 0 amide bonds. The van der Waals surface area contributed by atoms with Crippen molar-refractivity contribution in [1.82, 2.24) is 0 Å². The molecule has 1 rings (SSSR count). The Kier molecular flexibility index (Phi) is 4.30. The molecule has 17 heavy (non-hydrogen) atoms. The Bertz CT molecular complexity index is 527. The van der Waals surface area contributed by atoms with Gasteiger partial charge in [-0.15, -0.1) is 0 Å². The third-order valence-corrected chi connectivity index (χ3v) is 3.94. The van der Waals surface area contributed by atoms with Crippen molar-refractivity contribution in [2.45, 2.75) is 31.1 Å². The summed E-state index contributed by atoms with van der Waals surface area (Å²) >= 11 is 0. The molecule has 1 atom stereocenters. The minimum absolute atomic E-state index is 0.0849. The lowest BCUT2D eigenvalue weighted by molar-refractivity contribution is 0.505. The molecular formula is C13H17NO2S. The standard InChI is InChI=1S/C13H17NO2S/c1-10(2)13(7-8-14)11-5-4-6-12(9-11)17(3,15)16/h4-6,9-10,13H,7H2,1-3H3. The van der Waals surface area contributed by atoms with Gasteiger partial charge in [-0.25, -0.2) is 8.42 Å². The Labute approximate surface area is 103 Å². The molecule has 0 saturated carbocycles. The second kappa shape index (κ2) is 5.33. The maximum atomic E-state index is 11.5. The third kappa shape index (κ3) is 3.57. The molecular weight excluding hydrogens is 234 g/mol. The smallest absolute Gasteiger partial charge is 0.175 e. The third-order valence-electron chi connectivity index (χ3n) is 2.83. The van der Waals surface area contributed by atoms with E-state index in [1.807, 2.05) is 19.9 Å². The monoisotopic (exact) mass is 251 g/mol. The number of benzene rings is 1. The summed E-state index contributed by atoms with van der Waals surface area (Å²) in [6, 6.07) is 9.04. The van der Waals surface area contributed by atoms with Crippen LogP contribution in [0.2, 0.25) is 0 Å². The Morgan fingerprint density at radius 3 is 2.47 bits per heavy atom. The number of hydrogen-bond acceptors (Lipinski definition) is 3. The number of nitrogens with zero attached hydrogens (tertiary/aromatic N) is 1. The molecule has 92 valence electrons. The maximum absolute atomic E-state index is 11.5. The zero-order valence-corrected chi connectivity index (χ0v) is 11.2. The van der Waals surface area contributed by atoms with E-state index < -0.39 is 9.84 Å². The molecule has 0 radical (unpaired) electrons. The van der Waals surface area contributed by atoms with E-state index in [0.717, 1.165) is 5.56 Å². The van der Waals surface area contributed by atoms with E-state index >= 15 is 0 Å². The summed E-state index contributed by atoms with van der Waals surface area (Å²) in [7, 11) is -3.18. The maximum Gasteiger partial charge on any atom is 0.175 e. The van der Waals surface area contributed by atoms with Crippen LogP contribution in [-0.4, -0.2) is 14.7 Å². The highest BCUT2D eigenvalue weighted by molar-refractivity contribution is 7.90. The molecule has 0 aliphatic heterocycles. The highest BCUT2D eigenvalue weighted by Gasteiger charge is 2.17. The lowest BCUT2D eigenvalue weighted by atomic mass is 9.86. The second-order valence-corrected chi connectivity index (χ2v) is 6.57. The van der Waals surface area contributed by atoms with Crippen molar-refractivity contribution in [3.8, 4) is 6.07 Å². The summed E-state index contributed by atoms with van der Waals surface area (Å²) in [5.41, 5.74) is 0.921. The second-order valence-electron chi connectivity index (χ2n) is 4.56. The van der Waals surface area contributed by atoms with Crippen LogP contribution in [0.3, 0.4) is 0 Å². The van der Waals surface area contributed by atoms with Crippen molar-refractivity contribution in [2.24, 2.45) is 5.92 Å². The van der Waals surface area contributed by atoms with E-state index in [1.165, 1.54) is 6.26 Å². The highest BCUT2D eigenvalue weighted by atomic mass is 32.2. The molecule has 1 unspecified atom stereocenters. The van der Waals surface area contributed by atoms with E-state index in [-0.39, 0.29) is 5.92 Å². The molecule has 0 saturated heterocycles. The van der Waals surface area contributed by atoms with Gasteiger partial charge in [0.25, 0.3) is 0 Å². The van der Waals surface area contributed by atoms with Crippen molar-refractivity contribution >= 4 is 9.84 Å². The van der Waals surface area contributed by atoms with Gasteiger partial charge in [-0.1, -0.05) is 26.0 Å². The Morgan fingerprint density at radius 2 is 2.00 bits per heavy atom. The molecule has 3 nitrogen and oxygen atoms in total. The molecule has 1 aromatic rings. The predicted molar refractivity (Wildman–Crippen MR) is 67.4 cm³/mol. The predicted octanol–water partition coefficient (Wildman–Crippen LogP) is 2.74. The van der Waals surface area contributed by atoms with Gasteiger partial charge in [0.15, 0.2) is 9.84 Å². The number of rotatable bonds is 4. The van der Waals surface area contributed by atoms with Crippen LogP contribution in [0.15, 0.2) is 29.2 Å². The van der Waals surface area contributed by atoms with Crippen molar-refractivity contribution in [2.75, 3.05) is 6.26 Å². The van der Waals surface area contributed by atoms with Crippen LogP contribution in [0.25, 0.3) is 0 Å². The van der Waals surface area contributed by atoms with Crippen molar-refractivity contribution < 1.29 is 8.42 Å². The molecule has 0 spiro atoms. The largest absolute Gasteiger partial charge is 0.224 e. The average Bonchev–Trinajstić information content (AvgIpc) is 2.24. The first kappa shape index (κ1) is 13.7. The van der Waals surface area contributed by atoms with Gasteiger partial charge in [-0.3, -0.25) is 0 Å². The van der Waals surface area contributed by atoms with E-state index in [0.29, 0.717) is 17.2 Å². The van der Waals surface area contributed by atoms with Gasteiger partial charge in [-0.05, 0) is 29.5 Å². The van der Waals surface area contributed by atoms with E-state index in [1.54, 1.807) is 18.2 Å². The minimum Gasteiger partial charge on any atom is -0.224 e. The molecule has 0 bridgehead atoms. The first-order chi connectivity index (χ1) is 7.86. The zero-order valence-electron chi connectivity index (χ0n) is 10.3. The molecule has 0 heterocycles. The summed E-state index contributed by atoms with van der Waals surface area (Å²) in [6.07, 6.45) is 1.60. The topological polar surface area (TPSA) is 57.9 Å². The first-order valence-electron chi connectivity index (χ1n) is 5.53. The molecule has 0 aliphatic carbocycles. The van der Waals surface area contributed by atoms with Gasteiger partial charge < -0.3 is 0 Å². The molecule has 0 N–H and O–H groups in total. The SMILES string of the molecule is CC(C)C(CC#N)c1cccc(S(C)(=O)=O)c1. The Hall–Kier alpha value is -1.34. The summed E-state index contributed by atoms with van der Waals surface area (Å²) in [4.78, 5) is 0.318. The zero-order chi connectivity index (χ0) is 13.1. The lowest BCUT2D eigenvalue weighted by Gasteiger charge is -2.18. The van der Waals surface area contributed by atoms with Gasteiger partial charge in [0.05, 0.1) is 11.0 Å². The molecule has 0 aliphatic rings. The number of sulfone groups is 1. The van der Waals surface area contributed by atoms with Crippen LogP contribution in [0.4, 0.5) is 0 Å². The fourth-order valence-corrected chi connectivity index (χ4v) is 2.49. The molecule has 0 fully saturated rings. The Balaban J connectivity index is 3.19.